The number of hydrogen-bond donors (Lipinski definition) is 1. The number of halogens is 1. The highest BCUT2D eigenvalue weighted by Gasteiger charge is 2.03. The van der Waals surface area contributed by atoms with Gasteiger partial charge in [-0.2, -0.15) is 0 Å². The number of aromatic hydroxyl groups is 1. The topological polar surface area (TPSA) is 23.5 Å². The summed E-state index contributed by atoms with van der Waals surface area (Å²) >= 11 is 0. The third kappa shape index (κ3) is 2.56. The highest BCUT2D eigenvalue weighted by Crippen LogP contribution is 2.26. The Bertz CT molecular complexity index is 500. The van der Waals surface area contributed by atoms with E-state index < -0.39 is 5.82 Å². The molecule has 0 aliphatic rings. The van der Waals surface area contributed by atoms with Crippen molar-refractivity contribution in [1.29, 1.82) is 0 Å². The Morgan fingerprint density at radius 2 is 1.59 bits per heavy atom. The molecular weight excluding hydrogens is 217 g/mol. The second-order valence-electron chi connectivity index (χ2n) is 4.14. The van der Waals surface area contributed by atoms with Gasteiger partial charge in [-0.25, -0.2) is 4.39 Å². The molecule has 1 N–H and O–H groups in total. The summed E-state index contributed by atoms with van der Waals surface area (Å²) in [6.45, 7) is 0. The molecule has 0 radical (unpaired) electrons. The standard InChI is InChI=1S/C14H14FNO/c1-16(2)13-5-3-10(4-6-13)11-7-12(15)9-14(17)8-11/h3-9,17H,1-2H3. The Balaban J connectivity index is 2.39. The predicted octanol–water partition coefficient (Wildman–Crippen LogP) is 3.26. The van der Waals surface area contributed by atoms with Crippen LogP contribution in [-0.4, -0.2) is 19.2 Å². The van der Waals surface area contributed by atoms with E-state index in [1.165, 1.54) is 6.07 Å². The van der Waals surface area contributed by atoms with Crippen molar-refractivity contribution < 1.29 is 9.50 Å². The minimum absolute atomic E-state index is 0.0586. The van der Waals surface area contributed by atoms with Gasteiger partial charge in [0.05, 0.1) is 0 Å². The summed E-state index contributed by atoms with van der Waals surface area (Å²) in [6.07, 6.45) is 0. The molecule has 2 rings (SSSR count). The minimum Gasteiger partial charge on any atom is -0.508 e. The Morgan fingerprint density at radius 3 is 2.12 bits per heavy atom. The third-order valence-corrected chi connectivity index (χ3v) is 2.60. The zero-order valence-electron chi connectivity index (χ0n) is 9.81. The molecule has 0 saturated heterocycles. The molecule has 0 aromatic heterocycles. The number of phenolic OH excluding ortho intramolecular Hbond substituents is 1. The van der Waals surface area contributed by atoms with Gasteiger partial charge in [0, 0.05) is 25.8 Å². The van der Waals surface area contributed by atoms with E-state index in [0.717, 1.165) is 17.3 Å². The summed E-state index contributed by atoms with van der Waals surface area (Å²) in [5.41, 5.74) is 2.63. The van der Waals surface area contributed by atoms with E-state index in [-0.39, 0.29) is 5.75 Å². The Labute approximate surface area is 99.9 Å². The van der Waals surface area contributed by atoms with E-state index in [1.54, 1.807) is 6.07 Å². The quantitative estimate of drug-likeness (QED) is 0.857. The molecule has 0 bridgehead atoms. The molecule has 0 spiro atoms. The third-order valence-electron chi connectivity index (χ3n) is 2.60. The van der Waals surface area contributed by atoms with E-state index in [4.69, 9.17) is 0 Å². The van der Waals surface area contributed by atoms with Crippen molar-refractivity contribution in [2.75, 3.05) is 19.0 Å². The van der Waals surface area contributed by atoms with E-state index in [1.807, 2.05) is 43.3 Å². The first-order chi connectivity index (χ1) is 8.06. The van der Waals surface area contributed by atoms with Gasteiger partial charge in [0.25, 0.3) is 0 Å². The van der Waals surface area contributed by atoms with Crippen LogP contribution in [0.25, 0.3) is 11.1 Å². The molecule has 2 nitrogen and oxygen atoms in total. The van der Waals surface area contributed by atoms with Gasteiger partial charge in [0.1, 0.15) is 11.6 Å². The fraction of sp³-hybridized carbons (Fsp3) is 0.143. The van der Waals surface area contributed by atoms with Crippen molar-refractivity contribution in [2.45, 2.75) is 0 Å². The van der Waals surface area contributed by atoms with Gasteiger partial charge in [-0.05, 0) is 35.4 Å². The van der Waals surface area contributed by atoms with Crippen molar-refractivity contribution in [3.63, 3.8) is 0 Å². The second kappa shape index (κ2) is 4.45. The first-order valence-corrected chi connectivity index (χ1v) is 5.33. The van der Waals surface area contributed by atoms with Crippen LogP contribution in [0.4, 0.5) is 10.1 Å². The van der Waals surface area contributed by atoms with Gasteiger partial charge >= 0.3 is 0 Å². The molecule has 17 heavy (non-hydrogen) atoms. The lowest BCUT2D eigenvalue weighted by molar-refractivity contribution is 0.469. The molecule has 0 aliphatic heterocycles. The number of nitrogens with zero attached hydrogens (tertiary/aromatic N) is 1. The molecule has 0 atom stereocenters. The number of anilines is 1. The van der Waals surface area contributed by atoms with Gasteiger partial charge in [-0.3, -0.25) is 0 Å². The van der Waals surface area contributed by atoms with Crippen molar-refractivity contribution in [1.82, 2.24) is 0 Å². The van der Waals surface area contributed by atoms with Crippen LogP contribution in [0.2, 0.25) is 0 Å². The van der Waals surface area contributed by atoms with E-state index in [2.05, 4.69) is 0 Å². The Hall–Kier alpha value is -2.03. The minimum atomic E-state index is -0.434. The zero-order valence-corrected chi connectivity index (χ0v) is 9.81. The van der Waals surface area contributed by atoms with Gasteiger partial charge in [-0.15, -0.1) is 0 Å². The maximum atomic E-state index is 13.2. The predicted molar refractivity (Wildman–Crippen MR) is 67.8 cm³/mol. The van der Waals surface area contributed by atoms with Crippen LogP contribution in [0.1, 0.15) is 0 Å². The molecule has 2 aromatic rings. The molecule has 88 valence electrons. The Morgan fingerprint density at radius 1 is 0.941 bits per heavy atom. The Kier molecular flexibility index (Phi) is 3.00. The summed E-state index contributed by atoms with van der Waals surface area (Å²) in [6, 6.07) is 11.8. The molecule has 0 aliphatic carbocycles. The number of rotatable bonds is 2. The molecule has 0 fully saturated rings. The normalized spacial score (nSPS) is 10.3. The van der Waals surface area contributed by atoms with Crippen LogP contribution in [0.15, 0.2) is 42.5 Å². The summed E-state index contributed by atoms with van der Waals surface area (Å²) in [5, 5.41) is 9.35. The summed E-state index contributed by atoms with van der Waals surface area (Å²) in [7, 11) is 3.92. The van der Waals surface area contributed by atoms with Gasteiger partial charge < -0.3 is 10.0 Å². The zero-order chi connectivity index (χ0) is 12.4. The maximum absolute atomic E-state index is 13.2. The average Bonchev–Trinajstić information content (AvgIpc) is 2.28. The highest BCUT2D eigenvalue weighted by molar-refractivity contribution is 5.67. The average molecular weight is 231 g/mol. The summed E-state index contributed by atoms with van der Waals surface area (Å²) in [4.78, 5) is 1.99. The number of benzene rings is 2. The van der Waals surface area contributed by atoms with Crippen molar-refractivity contribution in [3.05, 3.63) is 48.3 Å². The molecule has 2 aromatic carbocycles. The van der Waals surface area contributed by atoms with Gasteiger partial charge in [0.15, 0.2) is 0 Å². The van der Waals surface area contributed by atoms with E-state index in [9.17, 15) is 9.50 Å². The fourth-order valence-corrected chi connectivity index (χ4v) is 1.69. The number of phenols is 1. The van der Waals surface area contributed by atoms with Crippen molar-refractivity contribution in [2.24, 2.45) is 0 Å². The smallest absolute Gasteiger partial charge is 0.127 e. The summed E-state index contributed by atoms with van der Waals surface area (Å²) in [5.74, 6) is -0.492. The SMILES string of the molecule is CN(C)c1ccc(-c2cc(O)cc(F)c2)cc1. The first-order valence-electron chi connectivity index (χ1n) is 5.33. The molecule has 0 unspecified atom stereocenters. The van der Waals surface area contributed by atoms with Gasteiger partial charge in [0.2, 0.25) is 0 Å². The molecule has 0 heterocycles. The lowest BCUT2D eigenvalue weighted by atomic mass is 10.0. The van der Waals surface area contributed by atoms with Crippen LogP contribution < -0.4 is 4.90 Å². The van der Waals surface area contributed by atoms with E-state index >= 15 is 0 Å². The van der Waals surface area contributed by atoms with Crippen LogP contribution in [0, 0.1) is 5.82 Å². The van der Waals surface area contributed by atoms with Crippen LogP contribution >= 0.6 is 0 Å². The van der Waals surface area contributed by atoms with Crippen molar-refractivity contribution in [3.8, 4) is 16.9 Å². The fourth-order valence-electron chi connectivity index (χ4n) is 1.69. The highest BCUT2D eigenvalue weighted by atomic mass is 19.1. The maximum Gasteiger partial charge on any atom is 0.127 e. The first kappa shape index (κ1) is 11.5. The van der Waals surface area contributed by atoms with Crippen LogP contribution in [0.5, 0.6) is 5.75 Å². The summed E-state index contributed by atoms with van der Waals surface area (Å²) < 4.78 is 13.2. The van der Waals surface area contributed by atoms with Gasteiger partial charge in [-0.1, -0.05) is 12.1 Å². The van der Waals surface area contributed by atoms with Crippen LogP contribution in [0.3, 0.4) is 0 Å². The molecule has 0 amide bonds. The lowest BCUT2D eigenvalue weighted by Crippen LogP contribution is -2.07. The number of hydrogen-bond acceptors (Lipinski definition) is 2. The van der Waals surface area contributed by atoms with Crippen LogP contribution in [-0.2, 0) is 0 Å². The second-order valence-corrected chi connectivity index (χ2v) is 4.14. The van der Waals surface area contributed by atoms with Crippen molar-refractivity contribution >= 4 is 5.69 Å². The largest absolute Gasteiger partial charge is 0.508 e. The lowest BCUT2D eigenvalue weighted by Gasteiger charge is -2.12. The van der Waals surface area contributed by atoms with E-state index in [0.29, 0.717) is 5.56 Å². The monoisotopic (exact) mass is 231 g/mol. The molecular formula is C14H14FNO. The molecule has 0 saturated carbocycles. The molecule has 3 heteroatoms.